The summed E-state index contributed by atoms with van der Waals surface area (Å²) >= 11 is 0. The van der Waals surface area contributed by atoms with Crippen LogP contribution in [-0.2, 0) is 6.54 Å². The van der Waals surface area contributed by atoms with E-state index in [-0.39, 0.29) is 0 Å². The number of hydrogen-bond donors (Lipinski definition) is 1. The Kier molecular flexibility index (Phi) is 8.36. The maximum absolute atomic E-state index is 5.99. The summed E-state index contributed by atoms with van der Waals surface area (Å²) < 4.78 is 5.99. The van der Waals surface area contributed by atoms with Gasteiger partial charge in [-0.15, -0.1) is 0 Å². The molecule has 2 heteroatoms. The molecule has 0 atom stereocenters. The highest BCUT2D eigenvalue weighted by molar-refractivity contribution is 5.43. The van der Waals surface area contributed by atoms with Gasteiger partial charge in [0.25, 0.3) is 0 Å². The molecule has 0 unspecified atom stereocenters. The summed E-state index contributed by atoms with van der Waals surface area (Å²) in [7, 11) is 0. The first-order chi connectivity index (χ1) is 9.69. The normalized spacial score (nSPS) is 10.8. The smallest absolute Gasteiger partial charge is 0.125 e. The van der Waals surface area contributed by atoms with Crippen LogP contribution in [0.25, 0.3) is 0 Å². The SMILES string of the molecule is CCCCCCCOc1c(C)cc(CNCC)cc1C. The van der Waals surface area contributed by atoms with Crippen LogP contribution in [0.3, 0.4) is 0 Å². The molecule has 0 aliphatic heterocycles. The number of nitrogens with one attached hydrogen (secondary N) is 1. The van der Waals surface area contributed by atoms with Gasteiger partial charge in [-0.25, -0.2) is 0 Å². The topological polar surface area (TPSA) is 21.3 Å². The summed E-state index contributed by atoms with van der Waals surface area (Å²) in [4.78, 5) is 0. The van der Waals surface area contributed by atoms with Crippen molar-refractivity contribution in [2.75, 3.05) is 13.2 Å². The molecular formula is C18H31NO. The Morgan fingerprint density at radius 1 is 0.950 bits per heavy atom. The second-order valence-corrected chi connectivity index (χ2v) is 5.60. The molecule has 2 nitrogen and oxygen atoms in total. The lowest BCUT2D eigenvalue weighted by molar-refractivity contribution is 0.300. The molecule has 0 radical (unpaired) electrons. The Labute approximate surface area is 124 Å². The minimum absolute atomic E-state index is 0.845. The van der Waals surface area contributed by atoms with Crippen molar-refractivity contribution in [1.29, 1.82) is 0 Å². The third-order valence-corrected chi connectivity index (χ3v) is 3.59. The van der Waals surface area contributed by atoms with E-state index in [4.69, 9.17) is 4.74 Å². The molecule has 0 spiro atoms. The van der Waals surface area contributed by atoms with Crippen LogP contribution in [0.1, 0.15) is 62.6 Å². The second-order valence-electron chi connectivity index (χ2n) is 5.60. The maximum Gasteiger partial charge on any atom is 0.125 e. The Morgan fingerprint density at radius 3 is 2.20 bits per heavy atom. The summed E-state index contributed by atoms with van der Waals surface area (Å²) in [6.45, 7) is 11.5. The molecule has 1 rings (SSSR count). The fraction of sp³-hybridized carbons (Fsp3) is 0.667. The fourth-order valence-corrected chi connectivity index (χ4v) is 2.52. The number of benzene rings is 1. The van der Waals surface area contributed by atoms with Gasteiger partial charge in [-0.3, -0.25) is 0 Å². The highest BCUT2D eigenvalue weighted by atomic mass is 16.5. The Morgan fingerprint density at radius 2 is 1.60 bits per heavy atom. The first kappa shape index (κ1) is 17.0. The quantitative estimate of drug-likeness (QED) is 0.622. The largest absolute Gasteiger partial charge is 0.493 e. The second kappa shape index (κ2) is 9.82. The lowest BCUT2D eigenvalue weighted by atomic mass is 10.1. The number of aryl methyl sites for hydroxylation is 2. The maximum atomic E-state index is 5.99. The predicted molar refractivity (Wildman–Crippen MR) is 87.6 cm³/mol. The monoisotopic (exact) mass is 277 g/mol. The van der Waals surface area contributed by atoms with Gasteiger partial charge >= 0.3 is 0 Å². The van der Waals surface area contributed by atoms with Crippen LogP contribution in [0.5, 0.6) is 5.75 Å². The molecule has 20 heavy (non-hydrogen) atoms. The average molecular weight is 277 g/mol. The molecule has 0 saturated carbocycles. The van der Waals surface area contributed by atoms with E-state index >= 15 is 0 Å². The molecule has 114 valence electrons. The zero-order chi connectivity index (χ0) is 14.8. The number of ether oxygens (including phenoxy) is 1. The summed E-state index contributed by atoms with van der Waals surface area (Å²) in [6.07, 6.45) is 6.42. The average Bonchev–Trinajstić information content (AvgIpc) is 2.42. The summed E-state index contributed by atoms with van der Waals surface area (Å²) in [5.41, 5.74) is 3.86. The zero-order valence-corrected chi connectivity index (χ0v) is 13.7. The third-order valence-electron chi connectivity index (χ3n) is 3.59. The van der Waals surface area contributed by atoms with E-state index in [1.165, 1.54) is 42.4 Å². The van der Waals surface area contributed by atoms with Crippen LogP contribution in [-0.4, -0.2) is 13.2 Å². The number of unbranched alkanes of at least 4 members (excludes halogenated alkanes) is 4. The van der Waals surface area contributed by atoms with Gasteiger partial charge in [0.15, 0.2) is 0 Å². The van der Waals surface area contributed by atoms with Gasteiger partial charge in [0.05, 0.1) is 6.61 Å². The van der Waals surface area contributed by atoms with Gasteiger partial charge in [-0.05, 0) is 43.5 Å². The Hall–Kier alpha value is -1.02. The predicted octanol–water partition coefficient (Wildman–Crippen LogP) is 4.76. The van der Waals surface area contributed by atoms with Crippen LogP contribution in [0, 0.1) is 13.8 Å². The minimum atomic E-state index is 0.845. The van der Waals surface area contributed by atoms with Crippen LogP contribution < -0.4 is 10.1 Å². The van der Waals surface area contributed by atoms with E-state index in [0.717, 1.165) is 31.9 Å². The fourth-order valence-electron chi connectivity index (χ4n) is 2.52. The highest BCUT2D eigenvalue weighted by Gasteiger charge is 2.06. The number of hydrogen-bond acceptors (Lipinski definition) is 2. The first-order valence-electron chi connectivity index (χ1n) is 8.12. The summed E-state index contributed by atoms with van der Waals surface area (Å²) in [6, 6.07) is 4.48. The van der Waals surface area contributed by atoms with Gasteiger partial charge in [0, 0.05) is 6.54 Å². The van der Waals surface area contributed by atoms with Gasteiger partial charge in [-0.2, -0.15) is 0 Å². The van der Waals surface area contributed by atoms with Gasteiger partial charge in [0.2, 0.25) is 0 Å². The molecule has 0 heterocycles. The molecule has 0 aromatic heterocycles. The van der Waals surface area contributed by atoms with E-state index in [1.54, 1.807) is 0 Å². The van der Waals surface area contributed by atoms with E-state index < -0.39 is 0 Å². The van der Waals surface area contributed by atoms with Crippen molar-refractivity contribution in [1.82, 2.24) is 5.32 Å². The molecule has 1 aromatic rings. The van der Waals surface area contributed by atoms with Crippen molar-refractivity contribution in [2.24, 2.45) is 0 Å². The third kappa shape index (κ3) is 5.96. The van der Waals surface area contributed by atoms with Gasteiger partial charge in [-0.1, -0.05) is 51.7 Å². The molecule has 0 amide bonds. The van der Waals surface area contributed by atoms with Crippen molar-refractivity contribution in [3.05, 3.63) is 28.8 Å². The van der Waals surface area contributed by atoms with Gasteiger partial charge in [0.1, 0.15) is 5.75 Å². The van der Waals surface area contributed by atoms with E-state index in [0.29, 0.717) is 0 Å². The lowest BCUT2D eigenvalue weighted by Crippen LogP contribution is -2.12. The zero-order valence-electron chi connectivity index (χ0n) is 13.7. The van der Waals surface area contributed by atoms with Crippen molar-refractivity contribution in [3.63, 3.8) is 0 Å². The molecule has 0 fully saturated rings. The van der Waals surface area contributed by atoms with E-state index in [9.17, 15) is 0 Å². The molecule has 1 aromatic carbocycles. The standard InChI is InChI=1S/C18H31NO/c1-5-7-8-9-10-11-20-18-15(3)12-17(13-16(18)4)14-19-6-2/h12-13,19H,5-11,14H2,1-4H3. The molecule has 0 bridgehead atoms. The van der Waals surface area contributed by atoms with Crippen molar-refractivity contribution < 1.29 is 4.74 Å². The lowest BCUT2D eigenvalue weighted by Gasteiger charge is -2.14. The first-order valence-corrected chi connectivity index (χ1v) is 8.12. The van der Waals surface area contributed by atoms with Crippen LogP contribution in [0.4, 0.5) is 0 Å². The van der Waals surface area contributed by atoms with Crippen molar-refractivity contribution >= 4 is 0 Å². The molecule has 0 aliphatic rings. The number of rotatable bonds is 10. The van der Waals surface area contributed by atoms with E-state index in [2.05, 4.69) is 45.1 Å². The Bertz CT molecular complexity index is 364. The summed E-state index contributed by atoms with van der Waals surface area (Å²) in [5, 5.41) is 3.37. The highest BCUT2D eigenvalue weighted by Crippen LogP contribution is 2.25. The van der Waals surface area contributed by atoms with Crippen molar-refractivity contribution in [3.8, 4) is 5.75 Å². The summed E-state index contributed by atoms with van der Waals surface area (Å²) in [5.74, 6) is 1.08. The molecule has 0 saturated heterocycles. The molecule has 1 N–H and O–H groups in total. The van der Waals surface area contributed by atoms with Crippen LogP contribution in [0.15, 0.2) is 12.1 Å². The molecule has 0 aliphatic carbocycles. The van der Waals surface area contributed by atoms with Crippen molar-refractivity contribution in [2.45, 2.75) is 66.3 Å². The van der Waals surface area contributed by atoms with Crippen LogP contribution >= 0.6 is 0 Å². The minimum Gasteiger partial charge on any atom is -0.493 e. The van der Waals surface area contributed by atoms with Gasteiger partial charge < -0.3 is 10.1 Å². The van der Waals surface area contributed by atoms with Crippen LogP contribution in [0.2, 0.25) is 0 Å². The van der Waals surface area contributed by atoms with E-state index in [1.807, 2.05) is 0 Å². The molecular weight excluding hydrogens is 246 g/mol. The Balaban J connectivity index is 2.45.